The first-order valence-electron chi connectivity index (χ1n) is 8.69. The number of phosphoric ester groups is 2. The topological polar surface area (TPSA) is 161 Å². The van der Waals surface area contributed by atoms with Crippen molar-refractivity contribution in [2.75, 3.05) is 19.8 Å². The molecule has 4 N–H and O–H groups in total. The molecule has 0 radical (unpaired) electrons. The lowest BCUT2D eigenvalue weighted by Crippen LogP contribution is -2.32. The highest BCUT2D eigenvalue weighted by atomic mass is 31.3. The van der Waals surface area contributed by atoms with Gasteiger partial charge in [0.1, 0.15) is 18.3 Å². The van der Waals surface area contributed by atoms with Crippen LogP contribution >= 0.6 is 15.6 Å². The van der Waals surface area contributed by atoms with Crippen LogP contribution in [0, 0.1) is 11.8 Å². The normalized spacial score (nSPS) is 38.8. The Morgan fingerprint density at radius 1 is 1.11 bits per heavy atom. The molecule has 0 spiro atoms. The van der Waals surface area contributed by atoms with E-state index in [1.54, 1.807) is 0 Å². The summed E-state index contributed by atoms with van der Waals surface area (Å²) < 4.78 is 47.9. The number of aliphatic hydroxyl groups excluding tert-OH is 2. The van der Waals surface area contributed by atoms with Crippen molar-refractivity contribution in [1.82, 2.24) is 0 Å². The molecule has 8 atom stereocenters. The van der Waals surface area contributed by atoms with E-state index in [2.05, 4.69) is 22.7 Å². The highest BCUT2D eigenvalue weighted by Gasteiger charge is 2.41. The van der Waals surface area contributed by atoms with Crippen LogP contribution in [0.25, 0.3) is 0 Å². The maximum atomic E-state index is 11.9. The van der Waals surface area contributed by atoms with E-state index in [4.69, 9.17) is 14.0 Å². The highest BCUT2D eigenvalue weighted by Crippen LogP contribution is 2.60. The molecule has 11 nitrogen and oxygen atoms in total. The van der Waals surface area contributed by atoms with Crippen molar-refractivity contribution in [3.8, 4) is 0 Å². The fraction of sp³-hybridized carbons (Fsp3) is 1.00. The number of rotatable bonds is 9. The predicted octanol–water partition coefficient (Wildman–Crippen LogP) is 0.807. The standard InChI is InChI=1S/C14H28O11P2/c1-8(2)11-4-10(24-9(11)3)5-22-26(17,18)25-27(19,20)23-7-13-14(16)12(15)6-21-13/h8-16H,4-7H2,1-3H3,(H,17,18)(H,19,20)/t9-,10-,11?,12?,13+,14-/m0/s1. The summed E-state index contributed by atoms with van der Waals surface area (Å²) in [5.41, 5.74) is 0. The van der Waals surface area contributed by atoms with Gasteiger partial charge in [0.05, 0.1) is 32.0 Å². The summed E-state index contributed by atoms with van der Waals surface area (Å²) in [5.74, 6) is 0.651. The average Bonchev–Trinajstić information content (AvgIpc) is 3.06. The van der Waals surface area contributed by atoms with E-state index < -0.39 is 46.7 Å². The van der Waals surface area contributed by atoms with Crippen molar-refractivity contribution in [3.63, 3.8) is 0 Å². The first-order chi connectivity index (χ1) is 12.4. The van der Waals surface area contributed by atoms with Gasteiger partial charge in [0.2, 0.25) is 0 Å². The molecular formula is C14H28O11P2. The van der Waals surface area contributed by atoms with Crippen LogP contribution in [-0.4, -0.2) is 70.3 Å². The Labute approximate surface area is 157 Å². The molecule has 27 heavy (non-hydrogen) atoms. The maximum absolute atomic E-state index is 11.9. The Bertz CT molecular complexity index is 585. The molecule has 2 aliphatic rings. The van der Waals surface area contributed by atoms with Crippen LogP contribution in [0.2, 0.25) is 0 Å². The second-order valence-corrected chi connectivity index (χ2v) is 10.2. The van der Waals surface area contributed by atoms with Crippen LogP contribution < -0.4 is 0 Å². The molecule has 0 aromatic heterocycles. The van der Waals surface area contributed by atoms with Crippen molar-refractivity contribution in [1.29, 1.82) is 0 Å². The smallest absolute Gasteiger partial charge is 0.388 e. The second kappa shape index (κ2) is 9.28. The molecule has 2 rings (SSSR count). The molecule has 160 valence electrons. The molecule has 0 aromatic carbocycles. The van der Waals surface area contributed by atoms with Gasteiger partial charge in [-0.3, -0.25) is 9.05 Å². The highest BCUT2D eigenvalue weighted by molar-refractivity contribution is 7.61. The van der Waals surface area contributed by atoms with Crippen LogP contribution in [0.1, 0.15) is 27.2 Å². The van der Waals surface area contributed by atoms with Gasteiger partial charge < -0.3 is 29.5 Å². The molecular weight excluding hydrogens is 406 g/mol. The van der Waals surface area contributed by atoms with Gasteiger partial charge in [0.15, 0.2) is 0 Å². The molecule has 13 heteroatoms. The first-order valence-corrected chi connectivity index (χ1v) is 11.7. The van der Waals surface area contributed by atoms with Crippen LogP contribution in [0.4, 0.5) is 0 Å². The van der Waals surface area contributed by atoms with Crippen molar-refractivity contribution in [2.24, 2.45) is 11.8 Å². The predicted molar refractivity (Wildman–Crippen MR) is 91.7 cm³/mol. The average molecular weight is 434 g/mol. The van der Waals surface area contributed by atoms with Gasteiger partial charge in [0, 0.05) is 0 Å². The molecule has 0 aromatic rings. The van der Waals surface area contributed by atoms with E-state index in [-0.39, 0.29) is 25.2 Å². The van der Waals surface area contributed by atoms with E-state index >= 15 is 0 Å². The summed E-state index contributed by atoms with van der Waals surface area (Å²) in [6, 6.07) is 0. The Kier molecular flexibility index (Phi) is 8.03. The monoisotopic (exact) mass is 434 g/mol. The van der Waals surface area contributed by atoms with Crippen LogP contribution in [0.5, 0.6) is 0 Å². The summed E-state index contributed by atoms with van der Waals surface area (Å²) >= 11 is 0. The fourth-order valence-electron chi connectivity index (χ4n) is 3.21. The molecule has 2 heterocycles. The molecule has 0 saturated carbocycles. The zero-order chi connectivity index (χ0) is 20.4. The van der Waals surface area contributed by atoms with E-state index in [1.807, 2.05) is 6.92 Å². The quantitative estimate of drug-likeness (QED) is 0.380. The van der Waals surface area contributed by atoms with Gasteiger partial charge in [-0.1, -0.05) is 13.8 Å². The molecule has 0 amide bonds. The third-order valence-corrected chi connectivity index (χ3v) is 7.29. The lowest BCUT2D eigenvalue weighted by atomic mass is 9.89. The van der Waals surface area contributed by atoms with E-state index in [0.717, 1.165) is 0 Å². The van der Waals surface area contributed by atoms with Gasteiger partial charge >= 0.3 is 15.6 Å². The molecule has 0 aliphatic carbocycles. The summed E-state index contributed by atoms with van der Waals surface area (Å²) in [5, 5.41) is 18.9. The number of hydrogen-bond donors (Lipinski definition) is 4. The van der Waals surface area contributed by atoms with Gasteiger partial charge in [-0.05, 0) is 25.2 Å². The van der Waals surface area contributed by atoms with Crippen molar-refractivity contribution < 1.29 is 52.0 Å². The molecule has 2 saturated heterocycles. The largest absolute Gasteiger partial charge is 0.481 e. The maximum Gasteiger partial charge on any atom is 0.481 e. The third-order valence-electron chi connectivity index (χ3n) is 4.69. The second-order valence-electron chi connectivity index (χ2n) is 7.15. The number of aliphatic hydroxyl groups is 2. The lowest BCUT2D eigenvalue weighted by molar-refractivity contribution is -0.00761. The van der Waals surface area contributed by atoms with E-state index in [9.17, 15) is 29.1 Å². The third kappa shape index (κ3) is 6.83. The van der Waals surface area contributed by atoms with Crippen molar-refractivity contribution >= 4 is 15.6 Å². The summed E-state index contributed by atoms with van der Waals surface area (Å²) in [7, 11) is -9.85. The van der Waals surface area contributed by atoms with Crippen molar-refractivity contribution in [3.05, 3.63) is 0 Å². The van der Waals surface area contributed by atoms with E-state index in [0.29, 0.717) is 12.3 Å². The van der Waals surface area contributed by atoms with Crippen LogP contribution in [0.15, 0.2) is 0 Å². The van der Waals surface area contributed by atoms with Crippen molar-refractivity contribution in [2.45, 2.75) is 57.7 Å². The molecule has 2 fully saturated rings. The molecule has 4 unspecified atom stereocenters. The Morgan fingerprint density at radius 3 is 2.19 bits per heavy atom. The van der Waals surface area contributed by atoms with Gasteiger partial charge in [0.25, 0.3) is 0 Å². The zero-order valence-corrected chi connectivity index (χ0v) is 17.2. The van der Waals surface area contributed by atoms with Gasteiger partial charge in [-0.25, -0.2) is 9.13 Å². The summed E-state index contributed by atoms with van der Waals surface area (Å²) in [6.07, 6.45) is -3.35. The molecule has 0 bridgehead atoms. The fourth-order valence-corrected chi connectivity index (χ4v) is 5.32. The summed E-state index contributed by atoms with van der Waals surface area (Å²) in [6.45, 7) is 4.95. The summed E-state index contributed by atoms with van der Waals surface area (Å²) in [4.78, 5) is 19.2. The zero-order valence-electron chi connectivity index (χ0n) is 15.4. The number of ether oxygens (including phenoxy) is 2. The molecule has 2 aliphatic heterocycles. The van der Waals surface area contributed by atoms with Gasteiger partial charge in [-0.15, -0.1) is 0 Å². The van der Waals surface area contributed by atoms with Gasteiger partial charge in [-0.2, -0.15) is 4.31 Å². The Morgan fingerprint density at radius 2 is 1.70 bits per heavy atom. The minimum Gasteiger partial charge on any atom is -0.388 e. The minimum atomic E-state index is -4.97. The minimum absolute atomic E-state index is 0.0296. The Hall–Kier alpha value is 0.100. The number of hydrogen-bond acceptors (Lipinski definition) is 9. The Balaban J connectivity index is 1.79. The first kappa shape index (κ1) is 23.4. The lowest BCUT2D eigenvalue weighted by Gasteiger charge is -2.20. The van der Waals surface area contributed by atoms with Crippen LogP contribution in [0.3, 0.4) is 0 Å². The van der Waals surface area contributed by atoms with Crippen LogP contribution in [-0.2, 0) is 32.0 Å². The SMILES string of the molecule is CC(C)C1C[C@@H](COP(=O)(O)OP(=O)(O)OC[C@H]2OCC(O)[C@@H]2O)O[C@H]1C. The number of phosphoric acid groups is 2. The van der Waals surface area contributed by atoms with E-state index in [1.165, 1.54) is 0 Å².